The average molecular weight is 328 g/mol. The molecular formula is C18H20N2O4. The number of hydrogen-bond donors (Lipinski definition) is 1. The Bertz CT molecular complexity index is 777. The molecule has 0 bridgehead atoms. The maximum absolute atomic E-state index is 11.9. The summed E-state index contributed by atoms with van der Waals surface area (Å²) < 4.78 is 16.7. The molecule has 3 rings (SSSR count). The first-order valence-electron chi connectivity index (χ1n) is 7.72. The molecule has 1 N–H and O–H groups in total. The largest absolute Gasteiger partial charge is 0.489 e. The highest BCUT2D eigenvalue weighted by Gasteiger charge is 2.25. The lowest BCUT2D eigenvalue weighted by Crippen LogP contribution is -2.26. The lowest BCUT2D eigenvalue weighted by molar-refractivity contribution is 0.0926. The Hall–Kier alpha value is -2.76. The molecule has 1 amide bonds. The standard InChI is InChI=1S/C18H20N2O4/c1-12-6-7-22-16(12)17(21)20-19-9-13-4-5-14-15(8-13)24-11-18(2,3)10-23-14/h4-9H,10-11H2,1-3H3,(H,20,21)/b19-9-. The van der Waals surface area contributed by atoms with Gasteiger partial charge in [0.2, 0.25) is 0 Å². The third kappa shape index (κ3) is 3.59. The number of nitrogens with zero attached hydrogens (tertiary/aromatic N) is 1. The molecule has 6 nitrogen and oxygen atoms in total. The molecule has 0 aliphatic carbocycles. The molecule has 0 unspecified atom stereocenters. The fourth-order valence-electron chi connectivity index (χ4n) is 2.25. The van der Waals surface area contributed by atoms with E-state index in [1.165, 1.54) is 6.26 Å². The molecule has 0 saturated heterocycles. The van der Waals surface area contributed by atoms with Crippen LogP contribution in [0.3, 0.4) is 0 Å². The van der Waals surface area contributed by atoms with Gasteiger partial charge in [-0.3, -0.25) is 4.79 Å². The zero-order valence-corrected chi connectivity index (χ0v) is 14.0. The second-order valence-electron chi connectivity index (χ2n) is 6.58. The normalized spacial score (nSPS) is 16.0. The summed E-state index contributed by atoms with van der Waals surface area (Å²) in [4.78, 5) is 11.9. The second kappa shape index (κ2) is 6.39. The number of hydrogen-bond acceptors (Lipinski definition) is 5. The molecule has 6 heteroatoms. The van der Waals surface area contributed by atoms with E-state index >= 15 is 0 Å². The van der Waals surface area contributed by atoms with Gasteiger partial charge < -0.3 is 13.9 Å². The highest BCUT2D eigenvalue weighted by molar-refractivity contribution is 5.93. The van der Waals surface area contributed by atoms with Crippen LogP contribution in [-0.2, 0) is 0 Å². The van der Waals surface area contributed by atoms with Gasteiger partial charge in [-0.1, -0.05) is 13.8 Å². The van der Waals surface area contributed by atoms with Crippen LogP contribution in [0, 0.1) is 12.3 Å². The Morgan fingerprint density at radius 1 is 1.21 bits per heavy atom. The van der Waals surface area contributed by atoms with Crippen LogP contribution >= 0.6 is 0 Å². The highest BCUT2D eigenvalue weighted by atomic mass is 16.5. The monoisotopic (exact) mass is 328 g/mol. The molecular weight excluding hydrogens is 308 g/mol. The van der Waals surface area contributed by atoms with Gasteiger partial charge in [0.1, 0.15) is 0 Å². The van der Waals surface area contributed by atoms with E-state index in [9.17, 15) is 4.79 Å². The Balaban J connectivity index is 1.67. The van der Waals surface area contributed by atoms with Gasteiger partial charge in [0.25, 0.3) is 0 Å². The number of rotatable bonds is 3. The van der Waals surface area contributed by atoms with Crippen molar-refractivity contribution >= 4 is 12.1 Å². The van der Waals surface area contributed by atoms with Gasteiger partial charge in [0.05, 0.1) is 25.7 Å². The Morgan fingerprint density at radius 3 is 2.67 bits per heavy atom. The van der Waals surface area contributed by atoms with Gasteiger partial charge in [-0.15, -0.1) is 0 Å². The van der Waals surface area contributed by atoms with Gasteiger partial charge in [-0.05, 0) is 36.8 Å². The molecule has 0 saturated carbocycles. The summed E-state index contributed by atoms with van der Waals surface area (Å²) in [6.07, 6.45) is 3.02. The quantitative estimate of drug-likeness (QED) is 0.694. The van der Waals surface area contributed by atoms with Crippen LogP contribution in [-0.4, -0.2) is 25.3 Å². The number of nitrogens with one attached hydrogen (secondary N) is 1. The van der Waals surface area contributed by atoms with Gasteiger partial charge in [0.15, 0.2) is 17.3 Å². The predicted molar refractivity (Wildman–Crippen MR) is 89.7 cm³/mol. The number of carbonyl (C=O) groups excluding carboxylic acids is 1. The Morgan fingerprint density at radius 2 is 1.96 bits per heavy atom. The molecule has 0 atom stereocenters. The second-order valence-corrected chi connectivity index (χ2v) is 6.58. The van der Waals surface area contributed by atoms with Gasteiger partial charge in [0, 0.05) is 11.0 Å². The fourth-order valence-corrected chi connectivity index (χ4v) is 2.25. The van der Waals surface area contributed by atoms with Gasteiger partial charge in [-0.2, -0.15) is 5.10 Å². The predicted octanol–water partition coefficient (Wildman–Crippen LogP) is 3.15. The van der Waals surface area contributed by atoms with Crippen molar-refractivity contribution in [3.63, 3.8) is 0 Å². The summed E-state index contributed by atoms with van der Waals surface area (Å²) >= 11 is 0. The first-order chi connectivity index (χ1) is 11.4. The number of aryl methyl sites for hydroxylation is 1. The number of carbonyl (C=O) groups is 1. The SMILES string of the molecule is Cc1ccoc1C(=O)N/N=C\c1ccc2c(c1)OCC(C)(C)CO2. The lowest BCUT2D eigenvalue weighted by Gasteiger charge is -2.19. The molecule has 0 spiro atoms. The van der Waals surface area contributed by atoms with E-state index < -0.39 is 0 Å². The average Bonchev–Trinajstić information content (AvgIpc) is 2.91. The van der Waals surface area contributed by atoms with Crippen molar-refractivity contribution in [1.82, 2.24) is 5.43 Å². The Kier molecular flexibility index (Phi) is 4.29. The van der Waals surface area contributed by atoms with E-state index in [4.69, 9.17) is 13.9 Å². The van der Waals surface area contributed by atoms with Crippen LogP contribution in [0.1, 0.15) is 35.5 Å². The van der Waals surface area contributed by atoms with Crippen molar-refractivity contribution in [2.45, 2.75) is 20.8 Å². The van der Waals surface area contributed by atoms with Crippen LogP contribution in [0.4, 0.5) is 0 Å². The van der Waals surface area contributed by atoms with Gasteiger partial charge >= 0.3 is 5.91 Å². The summed E-state index contributed by atoms with van der Waals surface area (Å²) in [7, 11) is 0. The van der Waals surface area contributed by atoms with E-state index in [1.54, 1.807) is 19.2 Å². The van der Waals surface area contributed by atoms with E-state index in [0.717, 1.165) is 11.1 Å². The summed E-state index contributed by atoms with van der Waals surface area (Å²) in [5.41, 5.74) is 3.97. The Labute approximate surface area is 140 Å². The zero-order chi connectivity index (χ0) is 17.2. The maximum atomic E-state index is 11.9. The summed E-state index contributed by atoms with van der Waals surface area (Å²) in [5, 5.41) is 3.96. The molecule has 24 heavy (non-hydrogen) atoms. The number of furan rings is 1. The minimum Gasteiger partial charge on any atom is -0.489 e. The van der Waals surface area contributed by atoms with Crippen LogP contribution in [0.5, 0.6) is 11.5 Å². The van der Waals surface area contributed by atoms with E-state index in [0.29, 0.717) is 24.7 Å². The molecule has 1 aliphatic rings. The number of ether oxygens (including phenoxy) is 2. The first kappa shape index (κ1) is 16.1. The van der Waals surface area contributed by atoms with E-state index in [1.807, 2.05) is 18.2 Å². The summed E-state index contributed by atoms with van der Waals surface area (Å²) in [5.74, 6) is 1.27. The van der Waals surface area contributed by atoms with Crippen LogP contribution in [0.2, 0.25) is 0 Å². The summed E-state index contributed by atoms with van der Waals surface area (Å²) in [6, 6.07) is 7.26. The van der Waals surface area contributed by atoms with Crippen molar-refractivity contribution in [2.24, 2.45) is 10.5 Å². The number of hydrazone groups is 1. The number of fused-ring (bicyclic) bond motifs is 1. The molecule has 2 heterocycles. The van der Waals surface area contributed by atoms with Crippen molar-refractivity contribution < 1.29 is 18.7 Å². The van der Waals surface area contributed by atoms with E-state index in [2.05, 4.69) is 24.4 Å². The zero-order valence-electron chi connectivity index (χ0n) is 14.0. The van der Waals surface area contributed by atoms with Gasteiger partial charge in [-0.25, -0.2) is 5.43 Å². The van der Waals surface area contributed by atoms with Crippen molar-refractivity contribution in [3.05, 3.63) is 47.4 Å². The first-order valence-corrected chi connectivity index (χ1v) is 7.72. The van der Waals surface area contributed by atoms with Crippen molar-refractivity contribution in [3.8, 4) is 11.5 Å². The lowest BCUT2D eigenvalue weighted by atomic mass is 9.97. The summed E-state index contributed by atoms with van der Waals surface area (Å²) in [6.45, 7) is 7.16. The minimum absolute atomic E-state index is 0.0395. The molecule has 126 valence electrons. The number of benzene rings is 1. The minimum atomic E-state index is -0.384. The van der Waals surface area contributed by atoms with Crippen LogP contribution in [0.15, 0.2) is 40.0 Å². The molecule has 2 aromatic rings. The fraction of sp³-hybridized carbons (Fsp3) is 0.333. The molecule has 0 fully saturated rings. The topological polar surface area (TPSA) is 73.1 Å². The molecule has 1 aliphatic heterocycles. The van der Waals surface area contributed by atoms with Crippen molar-refractivity contribution in [1.29, 1.82) is 0 Å². The third-order valence-electron chi connectivity index (χ3n) is 3.65. The number of amides is 1. The third-order valence-corrected chi connectivity index (χ3v) is 3.65. The molecule has 0 radical (unpaired) electrons. The van der Waals surface area contributed by atoms with Crippen LogP contribution < -0.4 is 14.9 Å². The smallest absolute Gasteiger partial charge is 0.307 e. The van der Waals surface area contributed by atoms with Crippen LogP contribution in [0.25, 0.3) is 0 Å². The van der Waals surface area contributed by atoms with Crippen molar-refractivity contribution in [2.75, 3.05) is 13.2 Å². The molecule has 1 aromatic carbocycles. The van der Waals surface area contributed by atoms with E-state index in [-0.39, 0.29) is 17.1 Å². The maximum Gasteiger partial charge on any atom is 0.307 e. The molecule has 1 aromatic heterocycles. The highest BCUT2D eigenvalue weighted by Crippen LogP contribution is 2.33.